The molecule has 0 heterocycles. The molecule has 25 heavy (non-hydrogen) atoms. The molecule has 0 fully saturated rings. The third kappa shape index (κ3) is 5.55. The number of benzene rings is 2. The van der Waals surface area contributed by atoms with Crippen LogP contribution < -0.4 is 10.7 Å². The minimum absolute atomic E-state index is 0.122. The van der Waals surface area contributed by atoms with E-state index in [0.29, 0.717) is 15.7 Å². The van der Waals surface area contributed by atoms with Gasteiger partial charge in [0.05, 0.1) is 23.9 Å². The minimum Gasteiger partial charge on any atom is -0.346 e. The number of amides is 2. The lowest BCUT2D eigenvalue weighted by Crippen LogP contribution is -2.32. The number of halogens is 1. The quantitative estimate of drug-likeness (QED) is 0.578. The maximum Gasteiger partial charge on any atom is 0.254 e. The standard InChI is InChI=1S/C18H15BrN4O2/c19-15-9-5-4-8-14(15)18(25)21-12-16(13-6-2-1-3-7-13)22-23-17(24)10-11-20/h1-9H,10,12H2,(H,21,25)(H,23,24). The van der Waals surface area contributed by atoms with Gasteiger partial charge in [-0.3, -0.25) is 9.59 Å². The fraction of sp³-hybridized carbons (Fsp3) is 0.111. The molecule has 126 valence electrons. The van der Waals surface area contributed by atoms with Crippen LogP contribution in [0.2, 0.25) is 0 Å². The second kappa shape index (κ2) is 9.35. The first-order valence-electron chi connectivity index (χ1n) is 7.42. The van der Waals surface area contributed by atoms with Gasteiger partial charge in [0.25, 0.3) is 11.8 Å². The number of nitrogens with zero attached hydrogens (tertiary/aromatic N) is 2. The van der Waals surface area contributed by atoms with E-state index in [1.807, 2.05) is 36.4 Å². The number of nitrogens with one attached hydrogen (secondary N) is 2. The van der Waals surface area contributed by atoms with Gasteiger partial charge < -0.3 is 5.32 Å². The summed E-state index contributed by atoms with van der Waals surface area (Å²) in [7, 11) is 0. The van der Waals surface area contributed by atoms with Crippen LogP contribution in [0.5, 0.6) is 0 Å². The Morgan fingerprint density at radius 2 is 1.76 bits per heavy atom. The van der Waals surface area contributed by atoms with Crippen molar-refractivity contribution in [3.8, 4) is 6.07 Å². The zero-order valence-electron chi connectivity index (χ0n) is 13.2. The molecule has 0 unspecified atom stereocenters. The van der Waals surface area contributed by atoms with Crippen LogP contribution in [0, 0.1) is 11.3 Å². The van der Waals surface area contributed by atoms with Gasteiger partial charge in [-0.05, 0) is 33.6 Å². The molecule has 2 rings (SSSR count). The van der Waals surface area contributed by atoms with Crippen LogP contribution in [-0.2, 0) is 4.79 Å². The predicted octanol–water partition coefficient (Wildman–Crippen LogP) is 2.61. The molecular formula is C18H15BrN4O2. The van der Waals surface area contributed by atoms with Crippen molar-refractivity contribution in [1.29, 1.82) is 5.26 Å². The fourth-order valence-corrected chi connectivity index (χ4v) is 2.45. The average Bonchev–Trinajstić information content (AvgIpc) is 2.63. The Labute approximate surface area is 153 Å². The van der Waals surface area contributed by atoms with E-state index in [-0.39, 0.29) is 18.9 Å². The number of carbonyl (C=O) groups is 2. The van der Waals surface area contributed by atoms with Gasteiger partial charge in [-0.25, -0.2) is 5.43 Å². The van der Waals surface area contributed by atoms with Gasteiger partial charge in [0.1, 0.15) is 6.42 Å². The number of hydrogen-bond donors (Lipinski definition) is 2. The van der Waals surface area contributed by atoms with Crippen molar-refractivity contribution >= 4 is 33.5 Å². The molecule has 0 radical (unpaired) electrons. The van der Waals surface area contributed by atoms with Crippen molar-refractivity contribution in [3.63, 3.8) is 0 Å². The Kier molecular flexibility index (Phi) is 6.87. The second-order valence-electron chi connectivity index (χ2n) is 4.96. The maximum atomic E-state index is 12.3. The van der Waals surface area contributed by atoms with Crippen LogP contribution in [0.1, 0.15) is 22.3 Å². The summed E-state index contributed by atoms with van der Waals surface area (Å²) < 4.78 is 0.688. The monoisotopic (exact) mass is 398 g/mol. The first-order valence-corrected chi connectivity index (χ1v) is 8.21. The molecule has 2 amide bonds. The summed E-state index contributed by atoms with van der Waals surface area (Å²) in [5.41, 5.74) is 4.06. The molecule has 0 bridgehead atoms. The zero-order valence-corrected chi connectivity index (χ0v) is 14.8. The van der Waals surface area contributed by atoms with Gasteiger partial charge in [-0.1, -0.05) is 42.5 Å². The Morgan fingerprint density at radius 1 is 1.08 bits per heavy atom. The van der Waals surface area contributed by atoms with Crippen LogP contribution in [0.15, 0.2) is 64.2 Å². The molecule has 0 saturated heterocycles. The lowest BCUT2D eigenvalue weighted by molar-refractivity contribution is -0.120. The smallest absolute Gasteiger partial charge is 0.254 e. The van der Waals surface area contributed by atoms with Crippen LogP contribution in [-0.4, -0.2) is 24.1 Å². The molecular weight excluding hydrogens is 384 g/mol. The lowest BCUT2D eigenvalue weighted by atomic mass is 10.1. The molecule has 0 aliphatic rings. The summed E-state index contributed by atoms with van der Waals surface area (Å²) in [6.45, 7) is 0.122. The van der Waals surface area contributed by atoms with Crippen LogP contribution in [0.25, 0.3) is 0 Å². The predicted molar refractivity (Wildman–Crippen MR) is 97.8 cm³/mol. The van der Waals surface area contributed by atoms with Crippen molar-refractivity contribution in [1.82, 2.24) is 10.7 Å². The Balaban J connectivity index is 2.12. The van der Waals surface area contributed by atoms with Gasteiger partial charge >= 0.3 is 0 Å². The van der Waals surface area contributed by atoms with Crippen LogP contribution in [0.3, 0.4) is 0 Å². The van der Waals surface area contributed by atoms with E-state index in [9.17, 15) is 9.59 Å². The van der Waals surface area contributed by atoms with E-state index in [1.54, 1.807) is 24.3 Å². The van der Waals surface area contributed by atoms with Crippen molar-refractivity contribution < 1.29 is 9.59 Å². The largest absolute Gasteiger partial charge is 0.346 e. The Bertz CT molecular complexity index is 828. The first-order chi connectivity index (χ1) is 12.1. The molecule has 0 aliphatic carbocycles. The molecule has 6 nitrogen and oxygen atoms in total. The Hall–Kier alpha value is -2.98. The third-order valence-corrected chi connectivity index (χ3v) is 3.89. The molecule has 0 aromatic heterocycles. The zero-order chi connectivity index (χ0) is 18.1. The van der Waals surface area contributed by atoms with E-state index < -0.39 is 5.91 Å². The second-order valence-corrected chi connectivity index (χ2v) is 5.81. The SMILES string of the molecule is N#CCC(=O)NN=C(CNC(=O)c1ccccc1Br)c1ccccc1. The van der Waals surface area contributed by atoms with Gasteiger partial charge in [-0.15, -0.1) is 0 Å². The fourth-order valence-electron chi connectivity index (χ4n) is 1.98. The van der Waals surface area contributed by atoms with E-state index in [1.165, 1.54) is 0 Å². The number of hydrogen-bond acceptors (Lipinski definition) is 4. The van der Waals surface area contributed by atoms with Gasteiger partial charge in [0.2, 0.25) is 0 Å². The molecule has 2 aromatic carbocycles. The highest BCUT2D eigenvalue weighted by molar-refractivity contribution is 9.10. The van der Waals surface area contributed by atoms with Crippen LogP contribution >= 0.6 is 15.9 Å². The summed E-state index contributed by atoms with van der Waals surface area (Å²) in [6, 6.07) is 18.0. The highest BCUT2D eigenvalue weighted by Gasteiger charge is 2.11. The van der Waals surface area contributed by atoms with Crippen molar-refractivity contribution in [2.24, 2.45) is 5.10 Å². The van der Waals surface area contributed by atoms with Crippen LogP contribution in [0.4, 0.5) is 0 Å². The maximum absolute atomic E-state index is 12.3. The molecule has 0 aliphatic heterocycles. The third-order valence-electron chi connectivity index (χ3n) is 3.20. The average molecular weight is 399 g/mol. The molecule has 0 saturated carbocycles. The normalized spacial score (nSPS) is 10.6. The van der Waals surface area contributed by atoms with E-state index in [2.05, 4.69) is 31.8 Å². The molecule has 2 aromatic rings. The Morgan fingerprint density at radius 3 is 2.44 bits per heavy atom. The molecule has 0 atom stereocenters. The summed E-state index contributed by atoms with van der Waals surface area (Å²) in [6.07, 6.45) is -0.283. The highest BCUT2D eigenvalue weighted by Crippen LogP contribution is 2.15. The topological polar surface area (TPSA) is 94.3 Å². The summed E-state index contributed by atoms with van der Waals surface area (Å²) in [5.74, 6) is -0.771. The van der Waals surface area contributed by atoms with Crippen molar-refractivity contribution in [2.75, 3.05) is 6.54 Å². The number of rotatable bonds is 6. The summed E-state index contributed by atoms with van der Waals surface area (Å²) in [4.78, 5) is 23.8. The summed E-state index contributed by atoms with van der Waals surface area (Å²) >= 11 is 3.34. The molecule has 0 spiro atoms. The highest BCUT2D eigenvalue weighted by atomic mass is 79.9. The van der Waals surface area contributed by atoms with Gasteiger partial charge in [0.15, 0.2) is 0 Å². The molecule has 7 heteroatoms. The first kappa shape index (κ1) is 18.4. The van der Waals surface area contributed by atoms with E-state index >= 15 is 0 Å². The minimum atomic E-state index is -0.506. The van der Waals surface area contributed by atoms with Gasteiger partial charge in [0, 0.05) is 4.47 Å². The van der Waals surface area contributed by atoms with Gasteiger partial charge in [-0.2, -0.15) is 10.4 Å². The number of hydrazone groups is 1. The van der Waals surface area contributed by atoms with Crippen molar-refractivity contribution in [3.05, 3.63) is 70.2 Å². The molecule has 2 N–H and O–H groups in total. The summed E-state index contributed by atoms with van der Waals surface area (Å²) in [5, 5.41) is 15.3. The lowest BCUT2D eigenvalue weighted by Gasteiger charge is -2.10. The van der Waals surface area contributed by atoms with E-state index in [0.717, 1.165) is 5.56 Å². The number of carbonyl (C=O) groups excluding carboxylic acids is 2. The van der Waals surface area contributed by atoms with Crippen molar-refractivity contribution in [2.45, 2.75) is 6.42 Å². The number of nitriles is 1. The van der Waals surface area contributed by atoms with E-state index in [4.69, 9.17) is 5.26 Å².